The molecule has 10 heteroatoms. The summed E-state index contributed by atoms with van der Waals surface area (Å²) in [5.41, 5.74) is 3.81. The fourth-order valence-corrected chi connectivity index (χ4v) is 5.45. The van der Waals surface area contributed by atoms with E-state index in [4.69, 9.17) is 0 Å². The van der Waals surface area contributed by atoms with E-state index in [9.17, 15) is 28.4 Å². The van der Waals surface area contributed by atoms with Gasteiger partial charge in [-0.3, -0.25) is 29.3 Å². The Bertz CT molecular complexity index is 1770. The van der Waals surface area contributed by atoms with E-state index >= 15 is 0 Å². The molecule has 1 aliphatic rings. The van der Waals surface area contributed by atoms with Crippen LogP contribution in [0.4, 0.5) is 4.39 Å². The zero-order valence-corrected chi connectivity index (χ0v) is 24.8. The van der Waals surface area contributed by atoms with Gasteiger partial charge in [0, 0.05) is 48.8 Å². The summed E-state index contributed by atoms with van der Waals surface area (Å²) in [5, 5.41) is 9.44. The molecule has 0 saturated heterocycles. The van der Waals surface area contributed by atoms with Crippen LogP contribution in [0.2, 0.25) is 0 Å². The highest BCUT2D eigenvalue weighted by Gasteiger charge is 2.31. The first-order valence-corrected chi connectivity index (χ1v) is 14.7. The molecule has 0 bridgehead atoms. The van der Waals surface area contributed by atoms with Crippen molar-refractivity contribution in [1.82, 2.24) is 20.9 Å². The summed E-state index contributed by atoms with van der Waals surface area (Å²) in [5.74, 6) is -1.52. The Kier molecular flexibility index (Phi) is 9.62. The Labute approximate surface area is 259 Å². The van der Waals surface area contributed by atoms with Gasteiger partial charge in [-0.15, -0.1) is 0 Å². The van der Waals surface area contributed by atoms with Gasteiger partial charge in [0.25, 0.3) is 11.8 Å². The molecular weight excluding hydrogens is 575 g/mol. The number of fused-ring (bicyclic) bond motifs is 2. The number of carbonyl (C=O) groups is 5. The number of hydrogen-bond donors (Lipinski definition) is 3. The normalized spacial score (nSPS) is 12.8. The second-order valence-electron chi connectivity index (χ2n) is 11.1. The van der Waals surface area contributed by atoms with E-state index in [1.54, 1.807) is 29.2 Å². The molecule has 3 N–H and O–H groups in total. The van der Waals surface area contributed by atoms with Gasteiger partial charge in [-0.25, -0.2) is 4.39 Å². The Morgan fingerprint density at radius 3 is 2.36 bits per heavy atom. The molecule has 0 fully saturated rings. The minimum Gasteiger partial charge on any atom is -0.352 e. The number of rotatable bonds is 12. The van der Waals surface area contributed by atoms with Gasteiger partial charge in [-0.2, -0.15) is 0 Å². The molecule has 0 saturated carbocycles. The molecule has 0 aromatic heterocycles. The maximum atomic E-state index is 14.5. The Morgan fingerprint density at radius 2 is 1.62 bits per heavy atom. The Morgan fingerprint density at radius 1 is 0.911 bits per heavy atom. The van der Waals surface area contributed by atoms with Crippen molar-refractivity contribution < 1.29 is 28.4 Å². The fraction of sp³-hybridized carbons (Fsp3) is 0.229. The highest BCUT2D eigenvalue weighted by Crippen LogP contribution is 2.27. The molecular formula is C35H33FN4O5. The standard InChI is InChI=1S/C35H33FN4O5/c1-22(6-15-32(42)39-21-41)40-20-27-16-26(11-13-29(27)35(40)45)34(44)38-19-24-9-7-23(8-10-24)18-37-33(43)17-30-28-5-3-2-4-25(28)12-14-31(30)36/h2-5,7-14,16,21-22H,6,15,17-20H2,1H3,(H,37,43)(H,38,44)(H,39,41,42). The summed E-state index contributed by atoms with van der Waals surface area (Å²) >= 11 is 0. The maximum Gasteiger partial charge on any atom is 0.254 e. The van der Waals surface area contributed by atoms with Crippen LogP contribution < -0.4 is 16.0 Å². The maximum absolute atomic E-state index is 14.5. The van der Waals surface area contributed by atoms with E-state index in [1.165, 1.54) is 6.07 Å². The molecule has 5 amide bonds. The van der Waals surface area contributed by atoms with E-state index in [2.05, 4.69) is 16.0 Å². The molecule has 4 aromatic carbocycles. The van der Waals surface area contributed by atoms with Gasteiger partial charge in [0.15, 0.2) is 0 Å². The van der Waals surface area contributed by atoms with Crippen molar-refractivity contribution in [2.24, 2.45) is 0 Å². The quantitative estimate of drug-likeness (QED) is 0.208. The average molecular weight is 609 g/mol. The first-order chi connectivity index (χ1) is 21.7. The minimum atomic E-state index is -0.407. The molecule has 1 heterocycles. The number of amides is 5. The number of imide groups is 1. The largest absolute Gasteiger partial charge is 0.352 e. The van der Waals surface area contributed by atoms with Crippen LogP contribution in [-0.4, -0.2) is 41.0 Å². The van der Waals surface area contributed by atoms with Crippen molar-refractivity contribution >= 4 is 40.8 Å². The predicted molar refractivity (Wildman–Crippen MR) is 166 cm³/mol. The number of hydrogen-bond acceptors (Lipinski definition) is 5. The summed E-state index contributed by atoms with van der Waals surface area (Å²) < 4.78 is 14.5. The smallest absolute Gasteiger partial charge is 0.254 e. The van der Waals surface area contributed by atoms with Crippen molar-refractivity contribution in [1.29, 1.82) is 0 Å². The van der Waals surface area contributed by atoms with Gasteiger partial charge in [-0.05, 0) is 65.1 Å². The second-order valence-corrected chi connectivity index (χ2v) is 11.1. The summed E-state index contributed by atoms with van der Waals surface area (Å²) in [4.78, 5) is 62.1. The lowest BCUT2D eigenvalue weighted by Crippen LogP contribution is -2.34. The lowest BCUT2D eigenvalue weighted by molar-refractivity contribution is -0.125. The van der Waals surface area contributed by atoms with Crippen molar-refractivity contribution in [2.45, 2.75) is 51.9 Å². The van der Waals surface area contributed by atoms with Crippen LogP contribution in [0, 0.1) is 5.82 Å². The molecule has 230 valence electrons. The Balaban J connectivity index is 1.10. The predicted octanol–water partition coefficient (Wildman–Crippen LogP) is 4.16. The summed E-state index contributed by atoms with van der Waals surface area (Å²) in [6, 6.07) is 22.7. The monoisotopic (exact) mass is 608 g/mol. The lowest BCUT2D eigenvalue weighted by atomic mass is 10.0. The van der Waals surface area contributed by atoms with Gasteiger partial charge in [0.05, 0.1) is 6.42 Å². The van der Waals surface area contributed by atoms with Crippen LogP contribution in [-0.2, 0) is 40.4 Å². The molecule has 0 radical (unpaired) electrons. The van der Waals surface area contributed by atoms with E-state index < -0.39 is 11.7 Å². The molecule has 0 spiro atoms. The molecule has 1 atom stereocenters. The SMILES string of the molecule is CC(CCC(=O)NC=O)N1Cc2cc(C(=O)NCc3ccc(CNC(=O)Cc4c(F)ccc5ccccc45)cc3)ccc2C1=O. The zero-order valence-electron chi connectivity index (χ0n) is 24.8. The van der Waals surface area contributed by atoms with Crippen molar-refractivity contribution in [3.63, 3.8) is 0 Å². The molecule has 45 heavy (non-hydrogen) atoms. The van der Waals surface area contributed by atoms with Crippen LogP contribution >= 0.6 is 0 Å². The molecule has 1 aliphatic heterocycles. The van der Waals surface area contributed by atoms with Crippen LogP contribution in [0.25, 0.3) is 10.8 Å². The topological polar surface area (TPSA) is 125 Å². The molecule has 9 nitrogen and oxygen atoms in total. The molecule has 5 rings (SSSR count). The van der Waals surface area contributed by atoms with Crippen molar-refractivity contribution in [3.8, 4) is 0 Å². The second kappa shape index (κ2) is 13.9. The fourth-order valence-electron chi connectivity index (χ4n) is 5.45. The van der Waals surface area contributed by atoms with Gasteiger partial charge < -0.3 is 15.5 Å². The number of benzene rings is 4. The number of carbonyl (C=O) groups excluding carboxylic acids is 5. The molecule has 1 unspecified atom stereocenters. The minimum absolute atomic E-state index is 0.0631. The molecule has 4 aromatic rings. The zero-order chi connectivity index (χ0) is 31.9. The Hall–Kier alpha value is -5.38. The summed E-state index contributed by atoms with van der Waals surface area (Å²) in [7, 11) is 0. The third kappa shape index (κ3) is 7.41. The highest BCUT2D eigenvalue weighted by molar-refractivity contribution is 6.01. The third-order valence-corrected chi connectivity index (χ3v) is 8.03. The van der Waals surface area contributed by atoms with E-state index in [-0.39, 0.29) is 49.7 Å². The van der Waals surface area contributed by atoms with Crippen molar-refractivity contribution in [3.05, 3.63) is 118 Å². The average Bonchev–Trinajstić information content (AvgIpc) is 3.39. The lowest BCUT2D eigenvalue weighted by Gasteiger charge is -2.23. The van der Waals surface area contributed by atoms with Crippen LogP contribution in [0.5, 0.6) is 0 Å². The number of halogens is 1. The van der Waals surface area contributed by atoms with E-state index in [0.29, 0.717) is 36.1 Å². The van der Waals surface area contributed by atoms with Crippen LogP contribution in [0.15, 0.2) is 78.9 Å². The van der Waals surface area contributed by atoms with E-state index in [0.717, 1.165) is 27.5 Å². The highest BCUT2D eigenvalue weighted by atomic mass is 19.1. The van der Waals surface area contributed by atoms with Crippen LogP contribution in [0.3, 0.4) is 0 Å². The van der Waals surface area contributed by atoms with E-state index in [1.807, 2.05) is 55.5 Å². The van der Waals surface area contributed by atoms with Gasteiger partial charge in [-0.1, -0.05) is 54.6 Å². The molecule has 0 aliphatic carbocycles. The number of nitrogens with zero attached hydrogens (tertiary/aromatic N) is 1. The first kappa shape index (κ1) is 31.1. The van der Waals surface area contributed by atoms with Gasteiger partial charge >= 0.3 is 0 Å². The third-order valence-electron chi connectivity index (χ3n) is 8.03. The summed E-state index contributed by atoms with van der Waals surface area (Å²) in [6.45, 7) is 2.75. The van der Waals surface area contributed by atoms with Crippen molar-refractivity contribution in [2.75, 3.05) is 0 Å². The van der Waals surface area contributed by atoms with Gasteiger partial charge in [0.2, 0.25) is 18.2 Å². The first-order valence-electron chi connectivity index (χ1n) is 14.7. The van der Waals surface area contributed by atoms with Gasteiger partial charge in [0.1, 0.15) is 5.82 Å². The van der Waals surface area contributed by atoms with Crippen LogP contribution in [0.1, 0.15) is 62.7 Å². The summed E-state index contributed by atoms with van der Waals surface area (Å²) in [6.07, 6.45) is 0.805. The number of nitrogens with one attached hydrogen (secondary N) is 3.